The van der Waals surface area contributed by atoms with Gasteiger partial charge in [-0.3, -0.25) is 0 Å². The average Bonchev–Trinajstić information content (AvgIpc) is 2.39. The van der Waals surface area contributed by atoms with Crippen LogP contribution in [-0.4, -0.2) is 30.8 Å². The number of rotatable bonds is 7. The molecule has 0 aromatic carbocycles. The number of aldehydes is 1. The molecule has 0 aliphatic carbocycles. The maximum absolute atomic E-state index is 11.3. The predicted octanol–water partition coefficient (Wildman–Crippen LogP) is 3.50. The van der Waals surface area contributed by atoms with Gasteiger partial charge in [-0.15, -0.1) is 0 Å². The first kappa shape index (κ1) is 14.7. The molecule has 1 heterocycles. The second kappa shape index (κ2) is 7.15. The molecule has 0 unspecified atom stereocenters. The highest BCUT2D eigenvalue weighted by Gasteiger charge is 2.30. The van der Waals surface area contributed by atoms with Crippen LogP contribution in [0.5, 0.6) is 0 Å². The Labute approximate surface area is 107 Å². The number of likely N-dealkylation sites (tertiary alicyclic amines) is 1. The maximum atomic E-state index is 11.3. The monoisotopic (exact) mass is 239 g/mol. The van der Waals surface area contributed by atoms with Crippen LogP contribution >= 0.6 is 0 Å². The quantitative estimate of drug-likeness (QED) is 0.634. The Morgan fingerprint density at radius 1 is 1.18 bits per heavy atom. The highest BCUT2D eigenvalue weighted by Crippen LogP contribution is 2.28. The second-order valence-corrected chi connectivity index (χ2v) is 5.70. The van der Waals surface area contributed by atoms with Gasteiger partial charge in [0.05, 0.1) is 0 Å². The Hall–Kier alpha value is -0.370. The summed E-state index contributed by atoms with van der Waals surface area (Å²) in [5.74, 6) is 0.935. The van der Waals surface area contributed by atoms with Gasteiger partial charge >= 0.3 is 0 Å². The van der Waals surface area contributed by atoms with Crippen LogP contribution in [0.1, 0.15) is 59.3 Å². The number of piperidine rings is 1. The Bertz CT molecular complexity index is 215. The first-order valence-corrected chi connectivity index (χ1v) is 7.38. The number of hydrogen-bond donors (Lipinski definition) is 0. The van der Waals surface area contributed by atoms with Gasteiger partial charge in [0.15, 0.2) is 0 Å². The number of nitrogens with zero attached hydrogens (tertiary/aromatic N) is 1. The van der Waals surface area contributed by atoms with Crippen LogP contribution in [0.4, 0.5) is 0 Å². The summed E-state index contributed by atoms with van der Waals surface area (Å²) in [6.07, 6.45) is 8.50. The lowest BCUT2D eigenvalue weighted by molar-refractivity contribution is -0.118. The van der Waals surface area contributed by atoms with E-state index in [1.54, 1.807) is 0 Å². The SMILES string of the molecule is CCCC1CCN(CC(C=O)(CC)CC)CC1. The molecule has 0 saturated carbocycles. The number of carbonyl (C=O) groups excluding carboxylic acids is 1. The van der Waals surface area contributed by atoms with Gasteiger partial charge in [0.25, 0.3) is 0 Å². The van der Waals surface area contributed by atoms with Gasteiger partial charge in [-0.25, -0.2) is 0 Å². The molecule has 2 nitrogen and oxygen atoms in total. The highest BCUT2D eigenvalue weighted by atomic mass is 16.1. The van der Waals surface area contributed by atoms with Crippen molar-refractivity contribution in [2.75, 3.05) is 19.6 Å². The Morgan fingerprint density at radius 3 is 2.18 bits per heavy atom. The topological polar surface area (TPSA) is 20.3 Å². The van der Waals surface area contributed by atoms with E-state index in [9.17, 15) is 4.79 Å². The molecule has 0 spiro atoms. The molecule has 1 rings (SSSR count). The van der Waals surface area contributed by atoms with Gasteiger partial charge in [0.2, 0.25) is 0 Å². The molecule has 0 aromatic heterocycles. The summed E-state index contributed by atoms with van der Waals surface area (Å²) >= 11 is 0. The molecule has 0 radical (unpaired) electrons. The molecular formula is C15H29NO. The number of carbonyl (C=O) groups is 1. The van der Waals surface area contributed by atoms with Crippen molar-refractivity contribution in [3.63, 3.8) is 0 Å². The van der Waals surface area contributed by atoms with Gasteiger partial charge < -0.3 is 9.69 Å². The minimum Gasteiger partial charge on any atom is -0.303 e. The standard InChI is InChI=1S/C15H29NO/c1-4-7-14-8-10-16(11-9-14)12-15(5-2,6-3)13-17/h13-14H,4-12H2,1-3H3. The van der Waals surface area contributed by atoms with Gasteiger partial charge in [-0.2, -0.15) is 0 Å². The van der Waals surface area contributed by atoms with Crippen molar-refractivity contribution < 1.29 is 4.79 Å². The van der Waals surface area contributed by atoms with Crippen molar-refractivity contribution in [3.05, 3.63) is 0 Å². The van der Waals surface area contributed by atoms with Crippen LogP contribution in [0, 0.1) is 11.3 Å². The molecule has 1 saturated heterocycles. The largest absolute Gasteiger partial charge is 0.303 e. The van der Waals surface area contributed by atoms with Crippen molar-refractivity contribution >= 4 is 6.29 Å². The summed E-state index contributed by atoms with van der Waals surface area (Å²) in [6, 6.07) is 0. The first-order valence-electron chi connectivity index (χ1n) is 7.38. The van der Waals surface area contributed by atoms with Gasteiger partial charge in [-0.1, -0.05) is 33.6 Å². The van der Waals surface area contributed by atoms with Crippen molar-refractivity contribution in [1.82, 2.24) is 4.90 Å². The maximum Gasteiger partial charge on any atom is 0.127 e. The molecule has 0 aromatic rings. The van der Waals surface area contributed by atoms with E-state index >= 15 is 0 Å². The molecule has 0 bridgehead atoms. The van der Waals surface area contributed by atoms with Crippen molar-refractivity contribution in [1.29, 1.82) is 0 Å². The van der Waals surface area contributed by atoms with E-state index in [2.05, 4.69) is 25.7 Å². The Kier molecular flexibility index (Phi) is 6.18. The van der Waals surface area contributed by atoms with E-state index in [0.29, 0.717) is 0 Å². The fourth-order valence-corrected chi connectivity index (χ4v) is 2.96. The molecule has 0 atom stereocenters. The molecule has 100 valence electrons. The van der Waals surface area contributed by atoms with Gasteiger partial charge in [-0.05, 0) is 44.7 Å². The van der Waals surface area contributed by atoms with E-state index in [4.69, 9.17) is 0 Å². The predicted molar refractivity (Wildman–Crippen MR) is 73.2 cm³/mol. The Morgan fingerprint density at radius 2 is 1.76 bits per heavy atom. The lowest BCUT2D eigenvalue weighted by Gasteiger charge is -2.37. The fraction of sp³-hybridized carbons (Fsp3) is 0.933. The summed E-state index contributed by atoms with van der Waals surface area (Å²) in [6.45, 7) is 9.92. The third kappa shape index (κ3) is 4.09. The van der Waals surface area contributed by atoms with Crippen LogP contribution in [0.15, 0.2) is 0 Å². The normalized spacial score (nSPS) is 19.5. The smallest absolute Gasteiger partial charge is 0.127 e. The molecule has 0 N–H and O–H groups in total. The summed E-state index contributed by atoms with van der Waals surface area (Å²) in [5.41, 5.74) is -0.0857. The van der Waals surface area contributed by atoms with Crippen molar-refractivity contribution in [3.8, 4) is 0 Å². The van der Waals surface area contributed by atoms with E-state index in [1.165, 1.54) is 45.1 Å². The summed E-state index contributed by atoms with van der Waals surface area (Å²) < 4.78 is 0. The minimum absolute atomic E-state index is 0.0857. The van der Waals surface area contributed by atoms with Crippen molar-refractivity contribution in [2.24, 2.45) is 11.3 Å². The van der Waals surface area contributed by atoms with Gasteiger partial charge in [0.1, 0.15) is 6.29 Å². The lowest BCUT2D eigenvalue weighted by atomic mass is 9.82. The van der Waals surface area contributed by atoms with Crippen LogP contribution in [0.2, 0.25) is 0 Å². The molecule has 1 aliphatic heterocycles. The van der Waals surface area contributed by atoms with E-state index < -0.39 is 0 Å². The third-order valence-electron chi connectivity index (χ3n) is 4.60. The molecular weight excluding hydrogens is 210 g/mol. The van der Waals surface area contributed by atoms with Crippen LogP contribution in [-0.2, 0) is 4.79 Å². The van der Waals surface area contributed by atoms with Crippen molar-refractivity contribution in [2.45, 2.75) is 59.3 Å². The van der Waals surface area contributed by atoms with Gasteiger partial charge in [0, 0.05) is 12.0 Å². The minimum atomic E-state index is -0.0857. The Balaban J connectivity index is 2.41. The molecule has 1 fully saturated rings. The lowest BCUT2D eigenvalue weighted by Crippen LogP contribution is -2.42. The zero-order chi connectivity index (χ0) is 12.7. The third-order valence-corrected chi connectivity index (χ3v) is 4.60. The second-order valence-electron chi connectivity index (χ2n) is 5.70. The fourth-order valence-electron chi connectivity index (χ4n) is 2.96. The molecule has 17 heavy (non-hydrogen) atoms. The highest BCUT2D eigenvalue weighted by molar-refractivity contribution is 5.59. The van der Waals surface area contributed by atoms with Crippen LogP contribution in [0.25, 0.3) is 0 Å². The summed E-state index contributed by atoms with van der Waals surface area (Å²) in [4.78, 5) is 13.8. The zero-order valence-corrected chi connectivity index (χ0v) is 11.9. The first-order chi connectivity index (χ1) is 8.19. The van der Waals surface area contributed by atoms with E-state index in [-0.39, 0.29) is 5.41 Å². The molecule has 0 amide bonds. The number of hydrogen-bond acceptors (Lipinski definition) is 2. The zero-order valence-electron chi connectivity index (χ0n) is 11.9. The summed E-state index contributed by atoms with van der Waals surface area (Å²) in [7, 11) is 0. The summed E-state index contributed by atoms with van der Waals surface area (Å²) in [5, 5.41) is 0. The molecule has 1 aliphatic rings. The molecule has 2 heteroatoms. The van der Waals surface area contributed by atoms with Crippen LogP contribution in [0.3, 0.4) is 0 Å². The average molecular weight is 239 g/mol. The van der Waals surface area contributed by atoms with E-state index in [1.807, 2.05) is 0 Å². The van der Waals surface area contributed by atoms with E-state index in [0.717, 1.165) is 25.3 Å². The van der Waals surface area contributed by atoms with Crippen LogP contribution < -0.4 is 0 Å².